The molecule has 0 bridgehead atoms. The minimum Gasteiger partial charge on any atom is -0.493 e. The molecule has 0 saturated heterocycles. The molecule has 1 aromatic carbocycles. The fourth-order valence-corrected chi connectivity index (χ4v) is 2.69. The van der Waals surface area contributed by atoms with Gasteiger partial charge < -0.3 is 14.2 Å². The molecular weight excluding hydrogens is 332 g/mol. The molecule has 0 amide bonds. The fourth-order valence-electron chi connectivity index (χ4n) is 2.69. The van der Waals surface area contributed by atoms with Crippen LogP contribution in [0.3, 0.4) is 0 Å². The second kappa shape index (κ2) is 9.20. The summed E-state index contributed by atoms with van der Waals surface area (Å²) < 4.78 is 17.8. The topological polar surface area (TPSA) is 62.6 Å². The largest absolute Gasteiger partial charge is 0.493 e. The van der Waals surface area contributed by atoms with E-state index in [1.54, 1.807) is 38.5 Å². The fraction of sp³-hybridized carbons (Fsp3) is 0.400. The van der Waals surface area contributed by atoms with Gasteiger partial charge in [0.25, 0.3) is 0 Å². The first-order chi connectivity index (χ1) is 12.5. The van der Waals surface area contributed by atoms with Gasteiger partial charge in [-0.2, -0.15) is 5.10 Å². The molecule has 0 aliphatic heterocycles. The highest BCUT2D eigenvalue weighted by atomic mass is 16.5. The van der Waals surface area contributed by atoms with E-state index >= 15 is 0 Å². The Hall–Kier alpha value is -2.60. The number of aromatic nitrogens is 2. The van der Waals surface area contributed by atoms with Gasteiger partial charge in [0.2, 0.25) is 0 Å². The number of hydrogen-bond donors (Lipinski definition) is 0. The van der Waals surface area contributed by atoms with Crippen LogP contribution in [-0.2, 0) is 11.3 Å². The highest BCUT2D eigenvalue weighted by Gasteiger charge is 2.11. The van der Waals surface area contributed by atoms with Crippen molar-refractivity contribution in [3.05, 3.63) is 46.8 Å². The highest BCUT2D eigenvalue weighted by Crippen LogP contribution is 2.28. The number of carbonyl (C=O) groups is 1. The Morgan fingerprint density at radius 3 is 2.58 bits per heavy atom. The molecule has 0 fully saturated rings. The normalized spacial score (nSPS) is 11.1. The molecule has 6 heteroatoms. The van der Waals surface area contributed by atoms with Gasteiger partial charge in [-0.25, -0.2) is 0 Å². The molecule has 0 atom stereocenters. The number of carbonyl (C=O) groups excluding carboxylic acids is 1. The van der Waals surface area contributed by atoms with Gasteiger partial charge in [0, 0.05) is 30.5 Å². The van der Waals surface area contributed by atoms with Crippen molar-refractivity contribution < 1.29 is 19.0 Å². The lowest BCUT2D eigenvalue weighted by Crippen LogP contribution is -2.06. The van der Waals surface area contributed by atoms with E-state index in [2.05, 4.69) is 5.10 Å². The van der Waals surface area contributed by atoms with Crippen molar-refractivity contribution in [3.63, 3.8) is 0 Å². The van der Waals surface area contributed by atoms with Crippen molar-refractivity contribution in [1.29, 1.82) is 0 Å². The van der Waals surface area contributed by atoms with Crippen LogP contribution in [0.1, 0.15) is 34.2 Å². The van der Waals surface area contributed by atoms with E-state index in [4.69, 9.17) is 14.2 Å². The summed E-state index contributed by atoms with van der Waals surface area (Å²) in [5.41, 5.74) is 3.48. The molecule has 1 aromatic heterocycles. The first kappa shape index (κ1) is 19.7. The molecule has 0 unspecified atom stereocenters. The minimum absolute atomic E-state index is 0.102. The highest BCUT2D eigenvalue weighted by molar-refractivity contribution is 6.07. The molecule has 2 aromatic rings. The summed E-state index contributed by atoms with van der Waals surface area (Å²) in [7, 11) is 3.16. The second-order valence-corrected chi connectivity index (χ2v) is 5.80. The van der Waals surface area contributed by atoms with Gasteiger partial charge >= 0.3 is 0 Å². The number of nitrogens with zero attached hydrogens (tertiary/aromatic N) is 2. The van der Waals surface area contributed by atoms with Gasteiger partial charge in [0.15, 0.2) is 17.3 Å². The Kier molecular flexibility index (Phi) is 6.97. The van der Waals surface area contributed by atoms with Gasteiger partial charge in [-0.05, 0) is 51.1 Å². The summed E-state index contributed by atoms with van der Waals surface area (Å²) in [5.74, 6) is 1.00. The van der Waals surface area contributed by atoms with E-state index < -0.39 is 0 Å². The van der Waals surface area contributed by atoms with E-state index in [0.29, 0.717) is 30.3 Å². The van der Waals surface area contributed by atoms with Crippen LogP contribution >= 0.6 is 0 Å². The van der Waals surface area contributed by atoms with Crippen LogP contribution in [0, 0.1) is 13.8 Å². The molecule has 0 N–H and O–H groups in total. The van der Waals surface area contributed by atoms with Gasteiger partial charge in [0.1, 0.15) is 6.61 Å². The lowest BCUT2D eigenvalue weighted by atomic mass is 10.1. The van der Waals surface area contributed by atoms with Crippen LogP contribution in [-0.4, -0.2) is 43.0 Å². The van der Waals surface area contributed by atoms with Crippen molar-refractivity contribution in [2.24, 2.45) is 0 Å². The standard InChI is InChI=1S/C20H26N2O4/c1-6-22-15(3)17(14(2)21-22)8-9-18(23)16-7-10-19(20(13-16)25-5)26-12-11-24-4/h7-10,13H,6,11-12H2,1-5H3/b9-8+. The Labute approximate surface area is 154 Å². The molecule has 140 valence electrons. The lowest BCUT2D eigenvalue weighted by Gasteiger charge is -2.11. The average molecular weight is 358 g/mol. The monoisotopic (exact) mass is 358 g/mol. The lowest BCUT2D eigenvalue weighted by molar-refractivity contribution is 0.104. The molecule has 0 spiro atoms. The summed E-state index contributed by atoms with van der Waals surface area (Å²) in [6.45, 7) is 7.69. The van der Waals surface area contributed by atoms with Crippen molar-refractivity contribution >= 4 is 11.9 Å². The number of ether oxygens (including phenoxy) is 3. The molecule has 0 aliphatic rings. The third kappa shape index (κ3) is 4.52. The number of aryl methyl sites for hydroxylation is 2. The third-order valence-electron chi connectivity index (χ3n) is 4.13. The molecule has 26 heavy (non-hydrogen) atoms. The van der Waals surface area contributed by atoms with Crippen LogP contribution in [0.25, 0.3) is 6.08 Å². The van der Waals surface area contributed by atoms with Crippen LogP contribution in [0.2, 0.25) is 0 Å². The summed E-state index contributed by atoms with van der Waals surface area (Å²) in [4.78, 5) is 12.5. The summed E-state index contributed by atoms with van der Waals surface area (Å²) in [6, 6.07) is 5.15. The maximum Gasteiger partial charge on any atom is 0.185 e. The van der Waals surface area contributed by atoms with Crippen LogP contribution in [0.5, 0.6) is 11.5 Å². The number of rotatable bonds is 9. The van der Waals surface area contributed by atoms with Crippen LogP contribution in [0.15, 0.2) is 24.3 Å². The Morgan fingerprint density at radius 2 is 1.96 bits per heavy atom. The van der Waals surface area contributed by atoms with Crippen molar-refractivity contribution in [3.8, 4) is 11.5 Å². The molecule has 2 rings (SSSR count). The summed E-state index contributed by atoms with van der Waals surface area (Å²) in [5, 5.41) is 4.46. The molecule has 6 nitrogen and oxygen atoms in total. The van der Waals surface area contributed by atoms with Crippen LogP contribution < -0.4 is 9.47 Å². The number of benzene rings is 1. The zero-order valence-electron chi connectivity index (χ0n) is 16.0. The van der Waals surface area contributed by atoms with Crippen molar-refractivity contribution in [1.82, 2.24) is 9.78 Å². The molecule has 0 aliphatic carbocycles. The van der Waals surface area contributed by atoms with Crippen molar-refractivity contribution in [2.45, 2.75) is 27.3 Å². The Morgan fingerprint density at radius 1 is 1.19 bits per heavy atom. The van der Waals surface area contributed by atoms with Crippen molar-refractivity contribution in [2.75, 3.05) is 27.4 Å². The SMILES string of the molecule is CCn1nc(C)c(/C=C/C(=O)c2ccc(OCCOC)c(OC)c2)c1C. The molecular formula is C20H26N2O4. The Balaban J connectivity index is 2.18. The quantitative estimate of drug-likeness (QED) is 0.390. The number of allylic oxidation sites excluding steroid dienone is 1. The molecule has 0 saturated carbocycles. The number of ketones is 1. The predicted molar refractivity (Wildman–Crippen MR) is 101 cm³/mol. The Bertz CT molecular complexity index is 793. The summed E-state index contributed by atoms with van der Waals surface area (Å²) in [6.07, 6.45) is 3.39. The van der Waals surface area contributed by atoms with Gasteiger partial charge in [-0.15, -0.1) is 0 Å². The average Bonchev–Trinajstić information content (AvgIpc) is 2.93. The van der Waals surface area contributed by atoms with Gasteiger partial charge in [0.05, 0.1) is 19.4 Å². The minimum atomic E-state index is -0.102. The van der Waals surface area contributed by atoms with Gasteiger partial charge in [-0.3, -0.25) is 9.48 Å². The zero-order valence-corrected chi connectivity index (χ0v) is 16.0. The van der Waals surface area contributed by atoms with Crippen LogP contribution in [0.4, 0.5) is 0 Å². The predicted octanol–water partition coefficient (Wildman–Crippen LogP) is 3.45. The number of methoxy groups -OCH3 is 2. The second-order valence-electron chi connectivity index (χ2n) is 5.80. The van der Waals surface area contributed by atoms with Gasteiger partial charge in [-0.1, -0.05) is 0 Å². The third-order valence-corrected chi connectivity index (χ3v) is 4.13. The maximum absolute atomic E-state index is 12.5. The van der Waals surface area contributed by atoms with E-state index in [9.17, 15) is 4.79 Å². The first-order valence-corrected chi connectivity index (χ1v) is 8.58. The van der Waals surface area contributed by atoms with E-state index in [1.807, 2.05) is 31.5 Å². The molecule has 0 radical (unpaired) electrons. The summed E-state index contributed by atoms with van der Waals surface area (Å²) >= 11 is 0. The van der Waals surface area contributed by atoms with E-state index in [0.717, 1.165) is 23.5 Å². The number of hydrogen-bond acceptors (Lipinski definition) is 5. The maximum atomic E-state index is 12.5. The van der Waals surface area contributed by atoms with E-state index in [1.165, 1.54) is 0 Å². The molecule has 1 heterocycles. The van der Waals surface area contributed by atoms with E-state index in [-0.39, 0.29) is 5.78 Å². The first-order valence-electron chi connectivity index (χ1n) is 8.58. The zero-order chi connectivity index (χ0) is 19.1. The smallest absolute Gasteiger partial charge is 0.185 e.